The van der Waals surface area contributed by atoms with Crippen LogP contribution in [-0.2, 0) is 0 Å². The van der Waals surface area contributed by atoms with E-state index in [1.165, 1.54) is 13.8 Å². The summed E-state index contributed by atoms with van der Waals surface area (Å²) in [6.07, 6.45) is 0. The Kier molecular flexibility index (Phi) is 3.92. The van der Waals surface area contributed by atoms with Gasteiger partial charge in [-0.25, -0.2) is 0 Å². The number of rotatable bonds is 1. The van der Waals surface area contributed by atoms with Crippen molar-refractivity contribution < 1.29 is 20.4 Å². The number of phenolic OH excluding ortho intramolecular Hbond substituents is 4. The lowest BCUT2D eigenvalue weighted by Gasteiger charge is -2.17. The summed E-state index contributed by atoms with van der Waals surface area (Å²) in [7, 11) is 0. The first-order valence-corrected chi connectivity index (χ1v) is 8.78. The van der Waals surface area contributed by atoms with Gasteiger partial charge in [0.1, 0.15) is 23.0 Å². The quantitative estimate of drug-likeness (QED) is 0.342. The molecular weight excluding hydrogens is 392 g/mol. The van der Waals surface area contributed by atoms with E-state index in [0.29, 0.717) is 0 Å². The van der Waals surface area contributed by atoms with Gasteiger partial charge in [0.25, 0.3) is 0 Å². The standard InChI is InChI=1S/C22H14O8/c1-7-13(21(29)17-11(25)5-3-9(23)15(17)19(7)27)14-8(2)20(28)16-10(24)4-6-12(26)18(16)22(14)30/h3-6,23,25,27,29H,1-2H3. The van der Waals surface area contributed by atoms with Crippen molar-refractivity contribution >= 4 is 10.8 Å². The predicted molar refractivity (Wildman–Crippen MR) is 108 cm³/mol. The lowest BCUT2D eigenvalue weighted by molar-refractivity contribution is 0.446. The van der Waals surface area contributed by atoms with Gasteiger partial charge in [0.05, 0.1) is 21.2 Å². The first-order chi connectivity index (χ1) is 14.1. The Morgan fingerprint density at radius 2 is 1.03 bits per heavy atom. The number of hydrogen-bond donors (Lipinski definition) is 4. The normalized spacial score (nSPS) is 11.4. The zero-order valence-electron chi connectivity index (χ0n) is 15.7. The van der Waals surface area contributed by atoms with Crippen LogP contribution in [0.3, 0.4) is 0 Å². The molecule has 0 saturated heterocycles. The summed E-state index contributed by atoms with van der Waals surface area (Å²) in [6.45, 7) is 2.60. The van der Waals surface area contributed by atoms with Crippen LogP contribution in [0.5, 0.6) is 23.0 Å². The van der Waals surface area contributed by atoms with Gasteiger partial charge in [-0.2, -0.15) is 0 Å². The number of phenols is 4. The molecule has 2 aliphatic carbocycles. The molecule has 2 aromatic rings. The number of hydrogen-bond acceptors (Lipinski definition) is 8. The Balaban J connectivity index is 2.38. The van der Waals surface area contributed by atoms with Crippen molar-refractivity contribution in [1.29, 1.82) is 0 Å². The second kappa shape index (κ2) is 6.15. The van der Waals surface area contributed by atoms with E-state index in [-0.39, 0.29) is 33.0 Å². The minimum absolute atomic E-state index is 0.0643. The maximum atomic E-state index is 13.2. The molecule has 0 aliphatic heterocycles. The van der Waals surface area contributed by atoms with Gasteiger partial charge in [0.2, 0.25) is 0 Å². The van der Waals surface area contributed by atoms with Crippen molar-refractivity contribution in [2.24, 2.45) is 0 Å². The molecule has 0 fully saturated rings. The number of aromatic hydroxyl groups is 4. The average Bonchev–Trinajstić information content (AvgIpc) is 2.70. The van der Waals surface area contributed by atoms with Crippen molar-refractivity contribution in [3.63, 3.8) is 0 Å². The average molecular weight is 406 g/mol. The van der Waals surface area contributed by atoms with Gasteiger partial charge in [0, 0.05) is 22.3 Å². The first kappa shape index (κ1) is 19.1. The van der Waals surface area contributed by atoms with Crippen molar-refractivity contribution in [2.75, 3.05) is 0 Å². The van der Waals surface area contributed by atoms with Crippen LogP contribution in [0.1, 0.15) is 11.1 Å². The smallest absolute Gasteiger partial charge is 0.199 e. The second-order valence-corrected chi connectivity index (χ2v) is 7.02. The third kappa shape index (κ3) is 2.27. The molecule has 0 unspecified atom stereocenters. The fraction of sp³-hybridized carbons (Fsp3) is 0.0909. The summed E-state index contributed by atoms with van der Waals surface area (Å²) in [5.74, 6) is -2.11. The summed E-state index contributed by atoms with van der Waals surface area (Å²) >= 11 is 0. The SMILES string of the molecule is Cc1c(-c2c(C)c(=O)c3c(=O)ccc(=O)c=3c2=O)c(O)c2c(O)ccc(O)c2c1O. The van der Waals surface area contributed by atoms with E-state index >= 15 is 0 Å². The Morgan fingerprint density at radius 3 is 1.57 bits per heavy atom. The minimum Gasteiger partial charge on any atom is -0.507 e. The molecule has 0 bridgehead atoms. The van der Waals surface area contributed by atoms with Crippen LogP contribution in [-0.4, -0.2) is 20.4 Å². The van der Waals surface area contributed by atoms with Crippen molar-refractivity contribution in [1.82, 2.24) is 0 Å². The van der Waals surface area contributed by atoms with E-state index in [2.05, 4.69) is 0 Å². The van der Waals surface area contributed by atoms with Crippen LogP contribution in [0.2, 0.25) is 0 Å². The van der Waals surface area contributed by atoms with Gasteiger partial charge in [-0.1, -0.05) is 0 Å². The molecule has 2 aromatic carbocycles. The Morgan fingerprint density at radius 1 is 0.567 bits per heavy atom. The third-order valence-corrected chi connectivity index (χ3v) is 5.38. The molecule has 0 heterocycles. The topological polar surface area (TPSA) is 149 Å². The van der Waals surface area contributed by atoms with Crippen LogP contribution in [0.25, 0.3) is 21.9 Å². The highest BCUT2D eigenvalue weighted by molar-refractivity contribution is 6.07. The van der Waals surface area contributed by atoms with E-state index in [9.17, 15) is 39.6 Å². The molecule has 2 aliphatic rings. The lowest BCUT2D eigenvalue weighted by Crippen LogP contribution is -2.30. The maximum absolute atomic E-state index is 13.2. The van der Waals surface area contributed by atoms with Gasteiger partial charge < -0.3 is 20.4 Å². The van der Waals surface area contributed by atoms with E-state index in [1.54, 1.807) is 0 Å². The predicted octanol–water partition coefficient (Wildman–Crippen LogP) is 0.987. The zero-order chi connectivity index (χ0) is 22.1. The molecule has 8 nitrogen and oxygen atoms in total. The molecule has 0 atom stereocenters. The highest BCUT2D eigenvalue weighted by Gasteiger charge is 2.26. The summed E-state index contributed by atoms with van der Waals surface area (Å²) in [4.78, 5) is 50.4. The first-order valence-electron chi connectivity index (χ1n) is 8.78. The summed E-state index contributed by atoms with van der Waals surface area (Å²) in [6, 6.07) is 4.00. The van der Waals surface area contributed by atoms with Crippen LogP contribution >= 0.6 is 0 Å². The Hall–Kier alpha value is -4.20. The molecular formula is C22H14O8. The van der Waals surface area contributed by atoms with Crippen LogP contribution in [0.15, 0.2) is 43.4 Å². The highest BCUT2D eigenvalue weighted by atomic mass is 16.3. The van der Waals surface area contributed by atoms with Crippen molar-refractivity contribution in [2.45, 2.75) is 13.8 Å². The molecule has 0 amide bonds. The number of benzene rings is 2. The minimum atomic E-state index is -0.957. The molecule has 0 spiro atoms. The molecule has 0 saturated carbocycles. The molecule has 8 heteroatoms. The molecule has 4 rings (SSSR count). The fourth-order valence-corrected chi connectivity index (χ4v) is 3.89. The van der Waals surface area contributed by atoms with Gasteiger partial charge in [-0.15, -0.1) is 0 Å². The highest BCUT2D eigenvalue weighted by Crippen LogP contribution is 2.49. The Bertz CT molecular complexity index is 1670. The van der Waals surface area contributed by atoms with Crippen molar-refractivity contribution in [3.8, 4) is 34.1 Å². The monoisotopic (exact) mass is 406 g/mol. The summed E-state index contributed by atoms with van der Waals surface area (Å²) in [5, 5.41) is 40.1. The van der Waals surface area contributed by atoms with E-state index < -0.39 is 55.2 Å². The van der Waals surface area contributed by atoms with Gasteiger partial charge in [0.15, 0.2) is 21.7 Å². The lowest BCUT2D eigenvalue weighted by atomic mass is 9.89. The summed E-state index contributed by atoms with van der Waals surface area (Å²) < 4.78 is 0. The zero-order valence-corrected chi connectivity index (χ0v) is 15.7. The van der Waals surface area contributed by atoms with Crippen LogP contribution in [0.4, 0.5) is 0 Å². The van der Waals surface area contributed by atoms with E-state index in [0.717, 1.165) is 24.3 Å². The van der Waals surface area contributed by atoms with E-state index in [4.69, 9.17) is 0 Å². The second-order valence-electron chi connectivity index (χ2n) is 7.02. The Labute approximate surface area is 166 Å². The molecule has 4 N–H and O–H groups in total. The van der Waals surface area contributed by atoms with E-state index in [1.807, 2.05) is 0 Å². The summed E-state index contributed by atoms with van der Waals surface area (Å²) in [5.41, 5.74) is -4.31. The third-order valence-electron chi connectivity index (χ3n) is 5.38. The molecule has 150 valence electrons. The maximum Gasteiger partial charge on any atom is 0.199 e. The molecule has 30 heavy (non-hydrogen) atoms. The van der Waals surface area contributed by atoms with Crippen LogP contribution < -0.4 is 21.7 Å². The van der Waals surface area contributed by atoms with Gasteiger partial charge >= 0.3 is 0 Å². The van der Waals surface area contributed by atoms with Crippen molar-refractivity contribution in [3.05, 3.63) is 86.7 Å². The van der Waals surface area contributed by atoms with Gasteiger partial charge in [-0.3, -0.25) is 19.2 Å². The molecule has 0 radical (unpaired) electrons. The van der Waals surface area contributed by atoms with Gasteiger partial charge in [-0.05, 0) is 38.1 Å². The van der Waals surface area contributed by atoms with Crippen LogP contribution in [0, 0.1) is 24.3 Å². The molecule has 0 aromatic heterocycles. The number of fused-ring (bicyclic) bond motifs is 1. The largest absolute Gasteiger partial charge is 0.507 e. The fourth-order valence-electron chi connectivity index (χ4n) is 3.89.